The van der Waals surface area contributed by atoms with E-state index in [0.29, 0.717) is 6.61 Å². The van der Waals surface area contributed by atoms with Crippen LogP contribution in [0.3, 0.4) is 0 Å². The van der Waals surface area contributed by atoms with E-state index in [4.69, 9.17) is 10.5 Å². The molecule has 2 amide bonds. The number of amides is 2. The Labute approximate surface area is 124 Å². The molecule has 2 heterocycles. The van der Waals surface area contributed by atoms with Crippen LogP contribution in [-0.2, 0) is 6.54 Å². The molecule has 2 aliphatic rings. The van der Waals surface area contributed by atoms with Gasteiger partial charge in [0.15, 0.2) is 0 Å². The molecule has 0 spiro atoms. The second-order valence-corrected chi connectivity index (χ2v) is 5.57. The number of carbonyl (C=O) groups excluding carboxylic acids is 1. The van der Waals surface area contributed by atoms with Gasteiger partial charge in [-0.3, -0.25) is 4.90 Å². The molecule has 6 heteroatoms. The van der Waals surface area contributed by atoms with E-state index in [1.165, 1.54) is 0 Å². The molecule has 0 aliphatic carbocycles. The lowest BCUT2D eigenvalue weighted by Crippen LogP contribution is -2.51. The van der Waals surface area contributed by atoms with E-state index in [1.54, 1.807) is 0 Å². The summed E-state index contributed by atoms with van der Waals surface area (Å²) >= 11 is 0. The van der Waals surface area contributed by atoms with Crippen LogP contribution < -0.4 is 15.8 Å². The molecule has 1 atom stereocenters. The molecule has 1 aromatic carbocycles. The zero-order chi connectivity index (χ0) is 14.8. The van der Waals surface area contributed by atoms with Gasteiger partial charge >= 0.3 is 6.03 Å². The summed E-state index contributed by atoms with van der Waals surface area (Å²) in [6.07, 6.45) is 0. The molecule has 0 saturated carbocycles. The number of anilines is 1. The second-order valence-electron chi connectivity index (χ2n) is 5.57. The maximum atomic E-state index is 11.6. The Morgan fingerprint density at radius 3 is 3.10 bits per heavy atom. The van der Waals surface area contributed by atoms with Gasteiger partial charge in [-0.05, 0) is 25.1 Å². The van der Waals surface area contributed by atoms with Crippen LogP contribution >= 0.6 is 0 Å². The summed E-state index contributed by atoms with van der Waals surface area (Å²) in [4.78, 5) is 15.9. The molecule has 0 aromatic heterocycles. The summed E-state index contributed by atoms with van der Waals surface area (Å²) in [5.41, 5.74) is 7.76. The number of benzene rings is 1. The molecular weight excluding hydrogens is 268 g/mol. The van der Waals surface area contributed by atoms with Gasteiger partial charge in [-0.15, -0.1) is 0 Å². The number of piperazine rings is 1. The van der Waals surface area contributed by atoms with E-state index in [9.17, 15) is 4.79 Å². The van der Waals surface area contributed by atoms with E-state index >= 15 is 0 Å². The third-order valence-electron chi connectivity index (χ3n) is 4.09. The first kappa shape index (κ1) is 14.0. The first-order valence-electron chi connectivity index (χ1n) is 7.45. The van der Waals surface area contributed by atoms with Gasteiger partial charge in [0.1, 0.15) is 5.75 Å². The van der Waals surface area contributed by atoms with Crippen molar-refractivity contribution in [1.29, 1.82) is 0 Å². The van der Waals surface area contributed by atoms with Crippen molar-refractivity contribution in [3.05, 3.63) is 23.8 Å². The van der Waals surface area contributed by atoms with E-state index in [1.807, 2.05) is 30.0 Å². The van der Waals surface area contributed by atoms with Crippen LogP contribution in [0.1, 0.15) is 12.5 Å². The Balaban J connectivity index is 1.69. The minimum absolute atomic E-state index is 0.0682. The summed E-state index contributed by atoms with van der Waals surface area (Å²) in [6, 6.07) is 6.13. The fourth-order valence-electron chi connectivity index (χ4n) is 3.07. The summed E-state index contributed by atoms with van der Waals surface area (Å²) in [7, 11) is 0. The molecule has 2 fully saturated rings. The lowest BCUT2D eigenvalue weighted by atomic mass is 10.1. The third-order valence-corrected chi connectivity index (χ3v) is 4.09. The minimum Gasteiger partial charge on any atom is -0.494 e. The van der Waals surface area contributed by atoms with Crippen molar-refractivity contribution in [3.63, 3.8) is 0 Å². The van der Waals surface area contributed by atoms with Gasteiger partial charge in [0.05, 0.1) is 12.6 Å². The van der Waals surface area contributed by atoms with Crippen molar-refractivity contribution in [2.24, 2.45) is 0 Å². The molecule has 3 rings (SSSR count). The van der Waals surface area contributed by atoms with E-state index in [2.05, 4.69) is 10.2 Å². The van der Waals surface area contributed by atoms with Crippen LogP contribution in [0.2, 0.25) is 0 Å². The van der Waals surface area contributed by atoms with Gasteiger partial charge in [0.25, 0.3) is 0 Å². The van der Waals surface area contributed by atoms with Crippen molar-refractivity contribution in [1.82, 2.24) is 15.1 Å². The standard InChI is InChI=1S/C15H22N4O2/c1-2-21-14-4-3-12(16)7-11(14)9-18-5-6-19-13(10-18)8-17-15(19)20/h3-4,7,13H,2,5-6,8-10,16H2,1H3,(H,17,20). The van der Waals surface area contributed by atoms with Gasteiger partial charge in [-0.2, -0.15) is 0 Å². The first-order chi connectivity index (χ1) is 10.2. The average molecular weight is 290 g/mol. The van der Waals surface area contributed by atoms with Gasteiger partial charge in [-0.1, -0.05) is 0 Å². The number of nitrogens with zero attached hydrogens (tertiary/aromatic N) is 2. The highest BCUT2D eigenvalue weighted by molar-refractivity contribution is 5.77. The van der Waals surface area contributed by atoms with Crippen molar-refractivity contribution in [2.75, 3.05) is 38.5 Å². The fourth-order valence-corrected chi connectivity index (χ4v) is 3.07. The van der Waals surface area contributed by atoms with Crippen molar-refractivity contribution in [3.8, 4) is 5.75 Å². The molecule has 2 saturated heterocycles. The van der Waals surface area contributed by atoms with Gasteiger partial charge in [-0.25, -0.2) is 4.79 Å². The second kappa shape index (κ2) is 5.81. The van der Waals surface area contributed by atoms with Crippen LogP contribution in [-0.4, -0.2) is 54.7 Å². The van der Waals surface area contributed by atoms with Gasteiger partial charge in [0, 0.05) is 44.0 Å². The number of hydrogen-bond donors (Lipinski definition) is 2. The molecule has 1 unspecified atom stereocenters. The number of hydrogen-bond acceptors (Lipinski definition) is 4. The molecular formula is C15H22N4O2. The normalized spacial score (nSPS) is 22.0. The number of urea groups is 1. The Morgan fingerprint density at radius 2 is 2.29 bits per heavy atom. The molecule has 114 valence electrons. The highest BCUT2D eigenvalue weighted by atomic mass is 16.5. The van der Waals surface area contributed by atoms with E-state index in [-0.39, 0.29) is 12.1 Å². The Kier molecular flexibility index (Phi) is 3.88. The maximum Gasteiger partial charge on any atom is 0.317 e. The lowest BCUT2D eigenvalue weighted by Gasteiger charge is -2.36. The zero-order valence-corrected chi connectivity index (χ0v) is 12.3. The Hall–Kier alpha value is -1.95. The van der Waals surface area contributed by atoms with Crippen LogP contribution in [0, 0.1) is 0 Å². The number of nitrogen functional groups attached to an aromatic ring is 1. The number of fused-ring (bicyclic) bond motifs is 1. The smallest absolute Gasteiger partial charge is 0.317 e. The number of nitrogens with one attached hydrogen (secondary N) is 1. The van der Waals surface area contributed by atoms with E-state index < -0.39 is 0 Å². The van der Waals surface area contributed by atoms with Gasteiger partial charge < -0.3 is 20.7 Å². The highest BCUT2D eigenvalue weighted by Crippen LogP contribution is 2.25. The predicted octanol–water partition coefficient (Wildman–Crippen LogP) is 0.877. The number of rotatable bonds is 4. The van der Waals surface area contributed by atoms with Crippen molar-refractivity contribution in [2.45, 2.75) is 19.5 Å². The third kappa shape index (κ3) is 2.90. The monoisotopic (exact) mass is 290 g/mol. The molecule has 6 nitrogen and oxygen atoms in total. The average Bonchev–Trinajstić information content (AvgIpc) is 2.83. The summed E-state index contributed by atoms with van der Waals surface area (Å²) in [6.45, 7) is 6.72. The summed E-state index contributed by atoms with van der Waals surface area (Å²) in [5, 5.41) is 2.90. The van der Waals surface area contributed by atoms with Crippen LogP contribution in [0.5, 0.6) is 5.75 Å². The SMILES string of the molecule is CCOc1ccc(N)cc1CN1CCN2C(=O)NCC2C1. The minimum atomic E-state index is 0.0682. The number of ether oxygens (including phenoxy) is 1. The lowest BCUT2D eigenvalue weighted by molar-refractivity contribution is 0.116. The Bertz CT molecular complexity index is 534. The summed E-state index contributed by atoms with van der Waals surface area (Å²) < 4.78 is 5.68. The molecule has 0 bridgehead atoms. The van der Waals surface area contributed by atoms with E-state index in [0.717, 1.165) is 49.7 Å². The number of nitrogens with two attached hydrogens (primary N) is 1. The molecule has 21 heavy (non-hydrogen) atoms. The fraction of sp³-hybridized carbons (Fsp3) is 0.533. The Morgan fingerprint density at radius 1 is 1.43 bits per heavy atom. The van der Waals surface area contributed by atoms with Gasteiger partial charge in [0.2, 0.25) is 0 Å². The molecule has 3 N–H and O–H groups in total. The largest absolute Gasteiger partial charge is 0.494 e. The van der Waals surface area contributed by atoms with Crippen LogP contribution in [0.15, 0.2) is 18.2 Å². The summed E-state index contributed by atoms with van der Waals surface area (Å²) in [5.74, 6) is 0.898. The molecule has 0 radical (unpaired) electrons. The first-order valence-corrected chi connectivity index (χ1v) is 7.45. The van der Waals surface area contributed by atoms with Crippen LogP contribution in [0.4, 0.5) is 10.5 Å². The predicted molar refractivity (Wildman–Crippen MR) is 81.2 cm³/mol. The van der Waals surface area contributed by atoms with Crippen molar-refractivity contribution >= 4 is 11.7 Å². The van der Waals surface area contributed by atoms with Crippen molar-refractivity contribution < 1.29 is 9.53 Å². The quantitative estimate of drug-likeness (QED) is 0.808. The zero-order valence-electron chi connectivity index (χ0n) is 12.3. The molecule has 2 aliphatic heterocycles. The number of carbonyl (C=O) groups is 1. The van der Waals surface area contributed by atoms with Crippen LogP contribution in [0.25, 0.3) is 0 Å². The molecule has 1 aromatic rings. The topological polar surface area (TPSA) is 70.8 Å². The maximum absolute atomic E-state index is 11.6. The highest BCUT2D eigenvalue weighted by Gasteiger charge is 2.35.